The highest BCUT2D eigenvalue weighted by Gasteiger charge is 2.17. The molecule has 0 saturated heterocycles. The molecule has 26 heavy (non-hydrogen) atoms. The number of rotatable bonds is 7. The number of amides is 1. The lowest BCUT2D eigenvalue weighted by atomic mass is 10.2. The molecule has 0 bridgehead atoms. The van der Waals surface area contributed by atoms with E-state index in [1.165, 1.54) is 11.8 Å². The van der Waals surface area contributed by atoms with Crippen molar-refractivity contribution in [3.05, 3.63) is 42.0 Å². The van der Waals surface area contributed by atoms with Gasteiger partial charge in [0.05, 0.1) is 19.5 Å². The second-order valence-corrected chi connectivity index (χ2v) is 7.10. The molecule has 0 unspecified atom stereocenters. The van der Waals surface area contributed by atoms with E-state index in [4.69, 9.17) is 18.9 Å². The van der Waals surface area contributed by atoms with E-state index >= 15 is 0 Å². The van der Waals surface area contributed by atoms with Crippen LogP contribution >= 0.6 is 11.8 Å². The molecule has 2 aromatic carbocycles. The zero-order valence-electron chi connectivity index (χ0n) is 14.9. The molecular formula is C19H21NO5S. The molecule has 1 atom stereocenters. The van der Waals surface area contributed by atoms with Gasteiger partial charge in [-0.1, -0.05) is 6.07 Å². The predicted molar refractivity (Wildman–Crippen MR) is 99.3 cm³/mol. The Bertz CT molecular complexity index is 795. The second-order valence-electron chi connectivity index (χ2n) is 5.68. The summed E-state index contributed by atoms with van der Waals surface area (Å²) in [4.78, 5) is 13.3. The van der Waals surface area contributed by atoms with E-state index in [-0.39, 0.29) is 18.0 Å². The van der Waals surface area contributed by atoms with E-state index in [0.717, 1.165) is 16.2 Å². The minimum absolute atomic E-state index is 0.0394. The maximum atomic E-state index is 12.4. The monoisotopic (exact) mass is 375 g/mol. The van der Waals surface area contributed by atoms with Crippen molar-refractivity contribution in [2.45, 2.75) is 23.6 Å². The van der Waals surface area contributed by atoms with E-state index in [1.54, 1.807) is 14.2 Å². The summed E-state index contributed by atoms with van der Waals surface area (Å²) in [5, 5.41) is 2.70. The number of nitrogens with one attached hydrogen (secondary N) is 1. The second kappa shape index (κ2) is 8.23. The van der Waals surface area contributed by atoms with Gasteiger partial charge in [-0.25, -0.2) is 0 Å². The Hall–Kier alpha value is -2.54. The first-order valence-electron chi connectivity index (χ1n) is 8.15. The average Bonchev–Trinajstić information content (AvgIpc) is 3.13. The molecule has 0 aromatic heterocycles. The number of carbonyl (C=O) groups excluding carboxylic acids is 1. The maximum absolute atomic E-state index is 12.4. The van der Waals surface area contributed by atoms with Crippen LogP contribution in [-0.4, -0.2) is 32.2 Å². The number of thioether (sulfide) groups is 1. The van der Waals surface area contributed by atoms with E-state index in [0.29, 0.717) is 23.8 Å². The maximum Gasteiger partial charge on any atom is 0.233 e. The van der Waals surface area contributed by atoms with Crippen LogP contribution in [-0.2, 0) is 11.3 Å². The fraction of sp³-hybridized carbons (Fsp3) is 0.316. The molecule has 138 valence electrons. The molecule has 0 saturated carbocycles. The van der Waals surface area contributed by atoms with Crippen molar-refractivity contribution in [3.8, 4) is 23.0 Å². The third-order valence-electron chi connectivity index (χ3n) is 3.94. The number of methoxy groups -OCH3 is 2. The number of ether oxygens (including phenoxy) is 4. The number of benzene rings is 2. The summed E-state index contributed by atoms with van der Waals surface area (Å²) in [7, 11) is 3.19. The van der Waals surface area contributed by atoms with Gasteiger partial charge in [-0.05, 0) is 42.8 Å². The summed E-state index contributed by atoms with van der Waals surface area (Å²) in [6, 6.07) is 11.3. The summed E-state index contributed by atoms with van der Waals surface area (Å²) in [6.45, 7) is 2.55. The minimum atomic E-state index is -0.248. The lowest BCUT2D eigenvalue weighted by Gasteiger charge is -2.14. The number of fused-ring (bicyclic) bond motifs is 1. The molecule has 6 nitrogen and oxygen atoms in total. The molecule has 3 rings (SSSR count). The summed E-state index contributed by atoms with van der Waals surface area (Å²) in [6.07, 6.45) is 0. The zero-order valence-corrected chi connectivity index (χ0v) is 15.7. The predicted octanol–water partition coefficient (Wildman–Crippen LogP) is 3.23. The highest BCUT2D eigenvalue weighted by molar-refractivity contribution is 8.00. The first-order valence-corrected chi connectivity index (χ1v) is 9.03. The summed E-state index contributed by atoms with van der Waals surface area (Å²) in [5.74, 6) is 2.71. The lowest BCUT2D eigenvalue weighted by molar-refractivity contribution is -0.120. The van der Waals surface area contributed by atoms with Gasteiger partial charge < -0.3 is 24.3 Å². The minimum Gasteiger partial charge on any atom is -0.493 e. The summed E-state index contributed by atoms with van der Waals surface area (Å²) >= 11 is 1.46. The standard InChI is InChI=1S/C19H21NO5S/c1-12(26-14-5-7-15(22-2)17(9-14)23-3)19(21)20-10-13-4-6-16-18(8-13)25-11-24-16/h4-9,12H,10-11H2,1-3H3,(H,20,21)/t12-/m0/s1. The smallest absolute Gasteiger partial charge is 0.233 e. The molecule has 0 aliphatic carbocycles. The van der Waals surface area contributed by atoms with Crippen LogP contribution in [0.15, 0.2) is 41.3 Å². The van der Waals surface area contributed by atoms with Gasteiger partial charge in [0.15, 0.2) is 23.0 Å². The van der Waals surface area contributed by atoms with Crippen molar-refractivity contribution in [2.75, 3.05) is 21.0 Å². The molecular weight excluding hydrogens is 354 g/mol. The highest BCUT2D eigenvalue weighted by atomic mass is 32.2. The highest BCUT2D eigenvalue weighted by Crippen LogP contribution is 2.34. The summed E-state index contributed by atoms with van der Waals surface area (Å²) < 4.78 is 21.2. The SMILES string of the molecule is COc1ccc(S[C@@H](C)C(=O)NCc2ccc3c(c2)OCO3)cc1OC. The van der Waals surface area contributed by atoms with Crippen LogP contribution in [0.1, 0.15) is 12.5 Å². The van der Waals surface area contributed by atoms with E-state index in [9.17, 15) is 4.79 Å². The van der Waals surface area contributed by atoms with E-state index in [1.807, 2.05) is 43.3 Å². The zero-order chi connectivity index (χ0) is 18.5. The van der Waals surface area contributed by atoms with Crippen LogP contribution in [0.5, 0.6) is 23.0 Å². The van der Waals surface area contributed by atoms with Crippen molar-refractivity contribution < 1.29 is 23.7 Å². The Kier molecular flexibility index (Phi) is 5.78. The molecule has 1 heterocycles. The van der Waals surface area contributed by atoms with Crippen LogP contribution in [0.3, 0.4) is 0 Å². The topological polar surface area (TPSA) is 66.0 Å². The molecule has 1 aliphatic heterocycles. The molecule has 1 aliphatic rings. The first-order chi connectivity index (χ1) is 12.6. The van der Waals surface area contributed by atoms with Crippen molar-refractivity contribution >= 4 is 17.7 Å². The van der Waals surface area contributed by atoms with Gasteiger partial charge in [0.25, 0.3) is 0 Å². The van der Waals surface area contributed by atoms with Crippen LogP contribution in [0.2, 0.25) is 0 Å². The van der Waals surface area contributed by atoms with Gasteiger partial charge in [-0.15, -0.1) is 11.8 Å². The molecule has 0 radical (unpaired) electrons. The van der Waals surface area contributed by atoms with Crippen molar-refractivity contribution in [2.24, 2.45) is 0 Å². The van der Waals surface area contributed by atoms with Crippen LogP contribution in [0.25, 0.3) is 0 Å². The number of hydrogen-bond acceptors (Lipinski definition) is 6. The number of carbonyl (C=O) groups is 1. The fourth-order valence-corrected chi connectivity index (χ4v) is 3.45. The molecule has 0 spiro atoms. The Morgan fingerprint density at radius 3 is 2.65 bits per heavy atom. The van der Waals surface area contributed by atoms with E-state index < -0.39 is 0 Å². The van der Waals surface area contributed by atoms with Gasteiger partial charge in [0, 0.05) is 11.4 Å². The van der Waals surface area contributed by atoms with Gasteiger partial charge in [0.1, 0.15) is 0 Å². The number of hydrogen-bond donors (Lipinski definition) is 1. The van der Waals surface area contributed by atoms with Crippen LogP contribution in [0, 0.1) is 0 Å². The van der Waals surface area contributed by atoms with Crippen LogP contribution in [0.4, 0.5) is 0 Å². The first kappa shape index (κ1) is 18.3. The Morgan fingerprint density at radius 1 is 1.12 bits per heavy atom. The van der Waals surface area contributed by atoms with Crippen molar-refractivity contribution in [1.82, 2.24) is 5.32 Å². The Labute approximate surface area is 156 Å². The molecule has 2 aromatic rings. The quantitative estimate of drug-likeness (QED) is 0.750. The Balaban J connectivity index is 1.56. The van der Waals surface area contributed by atoms with Gasteiger partial charge in [-0.2, -0.15) is 0 Å². The largest absolute Gasteiger partial charge is 0.493 e. The Morgan fingerprint density at radius 2 is 1.88 bits per heavy atom. The van der Waals surface area contributed by atoms with Gasteiger partial charge >= 0.3 is 0 Å². The van der Waals surface area contributed by atoms with Gasteiger partial charge in [-0.3, -0.25) is 4.79 Å². The average molecular weight is 375 g/mol. The van der Waals surface area contributed by atoms with Crippen molar-refractivity contribution in [3.63, 3.8) is 0 Å². The fourth-order valence-electron chi connectivity index (χ4n) is 2.53. The molecule has 7 heteroatoms. The molecule has 0 fully saturated rings. The van der Waals surface area contributed by atoms with Crippen LogP contribution < -0.4 is 24.3 Å². The normalized spacial score (nSPS) is 13.2. The van der Waals surface area contributed by atoms with E-state index in [2.05, 4.69) is 5.32 Å². The lowest BCUT2D eigenvalue weighted by Crippen LogP contribution is -2.30. The molecule has 1 amide bonds. The third-order valence-corrected chi connectivity index (χ3v) is 5.03. The third kappa shape index (κ3) is 4.16. The summed E-state index contributed by atoms with van der Waals surface area (Å²) in [5.41, 5.74) is 0.964. The van der Waals surface area contributed by atoms with Gasteiger partial charge in [0.2, 0.25) is 12.7 Å². The molecule has 1 N–H and O–H groups in total. The van der Waals surface area contributed by atoms with Crippen molar-refractivity contribution in [1.29, 1.82) is 0 Å².